The SMILES string of the molecule is O=C(Nc1ccccc1Cl)c1cccc(NC(=O)[C@@H]2[C@H]3C[C@@H]4[C@@H]2C(=O)O[C@@H]4C3)c1. The van der Waals surface area contributed by atoms with Crippen molar-refractivity contribution < 1.29 is 19.1 Å². The quantitative estimate of drug-likeness (QED) is 0.752. The second kappa shape index (κ2) is 6.88. The monoisotopic (exact) mass is 410 g/mol. The van der Waals surface area contributed by atoms with Gasteiger partial charge in [-0.25, -0.2) is 0 Å². The first-order chi connectivity index (χ1) is 14.0. The third kappa shape index (κ3) is 3.08. The fourth-order valence-corrected chi connectivity index (χ4v) is 5.27. The lowest BCUT2D eigenvalue weighted by Gasteiger charge is -2.23. The number of fused-ring (bicyclic) bond motifs is 1. The largest absolute Gasteiger partial charge is 0.462 e. The molecule has 2 aromatic carbocycles. The Morgan fingerprint density at radius 2 is 1.86 bits per heavy atom. The molecule has 148 valence electrons. The molecule has 0 radical (unpaired) electrons. The number of amides is 2. The minimum atomic E-state index is -0.355. The minimum absolute atomic E-state index is 0.00150. The molecule has 1 saturated heterocycles. The van der Waals surface area contributed by atoms with E-state index in [2.05, 4.69) is 10.6 Å². The van der Waals surface area contributed by atoms with E-state index in [1.165, 1.54) is 0 Å². The van der Waals surface area contributed by atoms with Gasteiger partial charge in [-0.2, -0.15) is 0 Å². The van der Waals surface area contributed by atoms with Crippen LogP contribution in [0.25, 0.3) is 0 Å². The molecule has 2 amide bonds. The number of para-hydroxylation sites is 1. The Morgan fingerprint density at radius 3 is 2.69 bits per heavy atom. The zero-order chi connectivity index (χ0) is 20.1. The van der Waals surface area contributed by atoms with Gasteiger partial charge in [-0.05, 0) is 49.1 Å². The van der Waals surface area contributed by atoms with Gasteiger partial charge < -0.3 is 15.4 Å². The average Bonchev–Trinajstić information content (AvgIpc) is 3.32. The second-order valence-corrected chi connectivity index (χ2v) is 8.33. The topological polar surface area (TPSA) is 84.5 Å². The van der Waals surface area contributed by atoms with E-state index in [-0.39, 0.29) is 47.6 Å². The summed E-state index contributed by atoms with van der Waals surface area (Å²) < 4.78 is 5.40. The molecule has 5 atom stereocenters. The van der Waals surface area contributed by atoms with Crippen LogP contribution in [0.4, 0.5) is 11.4 Å². The highest BCUT2D eigenvalue weighted by Gasteiger charge is 2.63. The summed E-state index contributed by atoms with van der Waals surface area (Å²) >= 11 is 6.09. The van der Waals surface area contributed by atoms with E-state index in [1.807, 2.05) is 0 Å². The predicted octanol–water partition coefficient (Wildman–Crippen LogP) is 3.73. The highest BCUT2D eigenvalue weighted by molar-refractivity contribution is 6.33. The zero-order valence-corrected chi connectivity index (χ0v) is 16.2. The lowest BCUT2D eigenvalue weighted by Crippen LogP contribution is -2.35. The molecule has 2 aliphatic carbocycles. The molecule has 3 fully saturated rings. The number of ether oxygens (including phenoxy) is 1. The standard InChI is InChI=1S/C22H19ClN2O4/c23-15-6-1-2-7-16(15)25-20(26)11-4-3-5-13(8-11)24-21(27)18-12-9-14-17(10-12)29-22(28)19(14)18/h1-8,12,14,17-19H,9-10H2,(H,24,27)(H,25,26)/t12-,14-,17+,18+,19-/m0/s1. The van der Waals surface area contributed by atoms with E-state index < -0.39 is 0 Å². The highest BCUT2D eigenvalue weighted by Crippen LogP contribution is 2.57. The fourth-order valence-electron chi connectivity index (χ4n) is 5.08. The van der Waals surface area contributed by atoms with Crippen molar-refractivity contribution in [3.63, 3.8) is 0 Å². The summed E-state index contributed by atoms with van der Waals surface area (Å²) in [5, 5.41) is 6.10. The van der Waals surface area contributed by atoms with Crippen LogP contribution in [0.5, 0.6) is 0 Å². The first kappa shape index (κ1) is 18.2. The Bertz CT molecular complexity index is 1020. The third-order valence-electron chi connectivity index (χ3n) is 6.30. The molecule has 1 aliphatic heterocycles. The number of benzene rings is 2. The third-order valence-corrected chi connectivity index (χ3v) is 6.63. The maximum absolute atomic E-state index is 12.9. The normalized spacial score (nSPS) is 28.9. The minimum Gasteiger partial charge on any atom is -0.462 e. The molecule has 7 heteroatoms. The van der Waals surface area contributed by atoms with Crippen LogP contribution < -0.4 is 10.6 Å². The van der Waals surface area contributed by atoms with Gasteiger partial charge in [-0.3, -0.25) is 14.4 Å². The van der Waals surface area contributed by atoms with Gasteiger partial charge >= 0.3 is 5.97 Å². The number of anilines is 2. The van der Waals surface area contributed by atoms with Crippen LogP contribution in [0.2, 0.25) is 5.02 Å². The molecule has 2 bridgehead atoms. The number of hydrogen-bond donors (Lipinski definition) is 2. The van der Waals surface area contributed by atoms with Crippen molar-refractivity contribution in [1.82, 2.24) is 0 Å². The number of halogens is 1. The maximum Gasteiger partial charge on any atom is 0.310 e. The van der Waals surface area contributed by atoms with E-state index in [4.69, 9.17) is 16.3 Å². The summed E-state index contributed by atoms with van der Waals surface area (Å²) in [5.74, 6) is -1.06. The number of nitrogens with one attached hydrogen (secondary N) is 2. The molecule has 0 aromatic heterocycles. The Morgan fingerprint density at radius 1 is 1.03 bits per heavy atom. The number of carbonyl (C=O) groups is 3. The second-order valence-electron chi connectivity index (χ2n) is 7.93. The van der Waals surface area contributed by atoms with Crippen LogP contribution >= 0.6 is 11.6 Å². The molecule has 0 unspecified atom stereocenters. The predicted molar refractivity (Wildman–Crippen MR) is 108 cm³/mol. The van der Waals surface area contributed by atoms with Crippen LogP contribution in [-0.2, 0) is 14.3 Å². The van der Waals surface area contributed by atoms with Gasteiger partial charge in [0, 0.05) is 17.2 Å². The Balaban J connectivity index is 1.30. The molecule has 0 spiro atoms. The number of esters is 1. The Labute approximate surface area is 172 Å². The van der Waals surface area contributed by atoms with E-state index in [0.717, 1.165) is 12.8 Å². The fraction of sp³-hybridized carbons (Fsp3) is 0.318. The van der Waals surface area contributed by atoms with Crippen molar-refractivity contribution in [3.05, 3.63) is 59.1 Å². The van der Waals surface area contributed by atoms with Crippen LogP contribution in [0.1, 0.15) is 23.2 Å². The van der Waals surface area contributed by atoms with E-state index in [0.29, 0.717) is 22.0 Å². The lowest BCUT2D eigenvalue weighted by atomic mass is 9.79. The molecule has 2 aromatic rings. The molecular formula is C22H19ClN2O4. The van der Waals surface area contributed by atoms with Gasteiger partial charge in [-0.1, -0.05) is 29.8 Å². The van der Waals surface area contributed by atoms with E-state index in [1.54, 1.807) is 48.5 Å². The summed E-state index contributed by atoms with van der Waals surface area (Å²) in [6.45, 7) is 0. The highest BCUT2D eigenvalue weighted by atomic mass is 35.5. The van der Waals surface area contributed by atoms with Crippen molar-refractivity contribution in [2.75, 3.05) is 10.6 Å². The van der Waals surface area contributed by atoms with Gasteiger partial charge in [0.15, 0.2) is 0 Å². The van der Waals surface area contributed by atoms with Crippen molar-refractivity contribution >= 4 is 40.8 Å². The van der Waals surface area contributed by atoms with Crippen molar-refractivity contribution in [1.29, 1.82) is 0 Å². The van der Waals surface area contributed by atoms with Gasteiger partial charge in [0.1, 0.15) is 6.10 Å². The Hall–Kier alpha value is -2.86. The Kier molecular flexibility index (Phi) is 4.32. The number of hydrogen-bond acceptors (Lipinski definition) is 4. The molecule has 2 N–H and O–H groups in total. The van der Waals surface area contributed by atoms with Crippen molar-refractivity contribution in [2.45, 2.75) is 18.9 Å². The summed E-state index contributed by atoms with van der Waals surface area (Å²) in [6, 6.07) is 13.7. The smallest absolute Gasteiger partial charge is 0.310 e. The summed E-state index contributed by atoms with van der Waals surface area (Å²) in [5.41, 5.74) is 1.44. The van der Waals surface area contributed by atoms with Gasteiger partial charge in [0.2, 0.25) is 5.91 Å². The molecule has 6 nitrogen and oxygen atoms in total. The summed E-state index contributed by atoms with van der Waals surface area (Å²) in [7, 11) is 0. The number of carbonyl (C=O) groups excluding carboxylic acids is 3. The maximum atomic E-state index is 12.9. The number of rotatable bonds is 4. The molecular weight excluding hydrogens is 392 g/mol. The molecule has 3 aliphatic rings. The average molecular weight is 411 g/mol. The zero-order valence-electron chi connectivity index (χ0n) is 15.4. The van der Waals surface area contributed by atoms with Crippen LogP contribution in [0.3, 0.4) is 0 Å². The van der Waals surface area contributed by atoms with Crippen LogP contribution in [0.15, 0.2) is 48.5 Å². The van der Waals surface area contributed by atoms with E-state index >= 15 is 0 Å². The van der Waals surface area contributed by atoms with Gasteiger partial charge in [0.25, 0.3) is 5.91 Å². The summed E-state index contributed by atoms with van der Waals surface area (Å²) in [6.07, 6.45) is 1.64. The van der Waals surface area contributed by atoms with Crippen LogP contribution in [-0.4, -0.2) is 23.9 Å². The molecule has 1 heterocycles. The first-order valence-electron chi connectivity index (χ1n) is 9.68. The van der Waals surface area contributed by atoms with Gasteiger partial charge in [0.05, 0.1) is 22.5 Å². The van der Waals surface area contributed by atoms with E-state index in [9.17, 15) is 14.4 Å². The van der Waals surface area contributed by atoms with Crippen molar-refractivity contribution in [3.8, 4) is 0 Å². The molecule has 29 heavy (non-hydrogen) atoms. The molecule has 2 saturated carbocycles. The van der Waals surface area contributed by atoms with Gasteiger partial charge in [-0.15, -0.1) is 0 Å². The van der Waals surface area contributed by atoms with Crippen molar-refractivity contribution in [2.24, 2.45) is 23.7 Å². The lowest BCUT2D eigenvalue weighted by molar-refractivity contribution is -0.145. The summed E-state index contributed by atoms with van der Waals surface area (Å²) in [4.78, 5) is 37.6. The molecule has 5 rings (SSSR count). The van der Waals surface area contributed by atoms with Crippen LogP contribution in [0, 0.1) is 23.7 Å². The first-order valence-corrected chi connectivity index (χ1v) is 10.1.